The number of carbonyl (C=O) groups excluding carboxylic acids is 1. The lowest BCUT2D eigenvalue weighted by molar-refractivity contribution is -0.160. The number of hydrogen-bond donors (Lipinski definition) is 1. The Labute approximate surface area is 117 Å². The minimum atomic E-state index is -4.27. The van der Waals surface area contributed by atoms with Crippen LogP contribution in [0.15, 0.2) is 0 Å². The number of alkyl halides is 3. The first-order valence-electron chi connectivity index (χ1n) is 6.94. The van der Waals surface area contributed by atoms with Gasteiger partial charge in [0.2, 0.25) is 0 Å². The molecule has 0 spiro atoms. The van der Waals surface area contributed by atoms with Crippen molar-refractivity contribution >= 4 is 5.97 Å². The Bertz CT molecular complexity index is 332. The molecular weight excluding hydrogens is 273 g/mol. The molecule has 0 aromatic rings. The van der Waals surface area contributed by atoms with E-state index in [1.165, 1.54) is 4.90 Å². The summed E-state index contributed by atoms with van der Waals surface area (Å²) < 4.78 is 42.7. The molecule has 1 saturated carbocycles. The summed E-state index contributed by atoms with van der Waals surface area (Å²) in [6, 6.07) is 0. The Hall–Kier alpha value is -0.820. The molecule has 1 rings (SSSR count). The Morgan fingerprint density at radius 3 is 2.25 bits per heavy atom. The standard InChI is InChI=1S/C13H23F3N2O2/c1-4-18(9-13(14,15)16)8-12(17-3,10-6-7-10)11(19)20-5-2/h10,17H,4-9H2,1-3H3. The molecule has 0 aliphatic heterocycles. The zero-order valence-corrected chi connectivity index (χ0v) is 12.2. The zero-order valence-electron chi connectivity index (χ0n) is 12.2. The lowest BCUT2D eigenvalue weighted by Crippen LogP contribution is -2.61. The lowest BCUT2D eigenvalue weighted by Gasteiger charge is -2.36. The summed E-state index contributed by atoms with van der Waals surface area (Å²) in [4.78, 5) is 13.4. The van der Waals surface area contributed by atoms with Crippen LogP contribution in [0.4, 0.5) is 13.2 Å². The number of esters is 1. The van der Waals surface area contributed by atoms with Gasteiger partial charge in [0.05, 0.1) is 13.2 Å². The molecule has 1 unspecified atom stereocenters. The Balaban J connectivity index is 2.85. The minimum absolute atomic E-state index is 0.0169. The van der Waals surface area contributed by atoms with Gasteiger partial charge in [0, 0.05) is 6.54 Å². The molecule has 20 heavy (non-hydrogen) atoms. The predicted octanol–water partition coefficient (Wildman–Crippen LogP) is 1.80. The first-order valence-corrected chi connectivity index (χ1v) is 6.94. The van der Waals surface area contributed by atoms with Crippen LogP contribution < -0.4 is 5.32 Å². The largest absolute Gasteiger partial charge is 0.465 e. The molecule has 0 aromatic carbocycles. The predicted molar refractivity (Wildman–Crippen MR) is 69.3 cm³/mol. The van der Waals surface area contributed by atoms with Gasteiger partial charge in [-0.2, -0.15) is 13.2 Å². The highest BCUT2D eigenvalue weighted by Gasteiger charge is 2.52. The van der Waals surface area contributed by atoms with Gasteiger partial charge in [0.25, 0.3) is 0 Å². The van der Waals surface area contributed by atoms with Crippen molar-refractivity contribution in [2.75, 3.05) is 33.3 Å². The first kappa shape index (κ1) is 17.2. The number of halogens is 3. The van der Waals surface area contributed by atoms with Crippen LogP contribution >= 0.6 is 0 Å². The summed E-state index contributed by atoms with van der Waals surface area (Å²) in [5, 5.41) is 2.93. The Morgan fingerprint density at radius 2 is 1.90 bits per heavy atom. The first-order chi connectivity index (χ1) is 9.29. The normalized spacial score (nSPS) is 18.9. The second-order valence-electron chi connectivity index (χ2n) is 5.13. The van der Waals surface area contributed by atoms with Crippen molar-refractivity contribution in [3.8, 4) is 0 Å². The summed E-state index contributed by atoms with van der Waals surface area (Å²) in [7, 11) is 1.61. The zero-order chi connectivity index (χ0) is 15.4. The van der Waals surface area contributed by atoms with E-state index in [-0.39, 0.29) is 25.6 Å². The van der Waals surface area contributed by atoms with Crippen molar-refractivity contribution in [3.63, 3.8) is 0 Å². The van der Waals surface area contributed by atoms with Crippen molar-refractivity contribution in [2.45, 2.75) is 38.4 Å². The van der Waals surface area contributed by atoms with E-state index in [0.717, 1.165) is 12.8 Å². The van der Waals surface area contributed by atoms with Crippen molar-refractivity contribution in [1.82, 2.24) is 10.2 Å². The number of likely N-dealkylation sites (N-methyl/N-ethyl adjacent to an activating group) is 2. The monoisotopic (exact) mass is 296 g/mol. The van der Waals surface area contributed by atoms with E-state index in [9.17, 15) is 18.0 Å². The number of rotatable bonds is 8. The fraction of sp³-hybridized carbons (Fsp3) is 0.923. The van der Waals surface area contributed by atoms with Gasteiger partial charge in [-0.05, 0) is 39.3 Å². The third kappa shape index (κ3) is 4.34. The summed E-state index contributed by atoms with van der Waals surface area (Å²) in [6.45, 7) is 2.81. The summed E-state index contributed by atoms with van der Waals surface area (Å²) in [6.07, 6.45) is -2.60. The molecule has 1 N–H and O–H groups in total. The molecule has 1 atom stereocenters. The van der Waals surface area contributed by atoms with Crippen LogP contribution in [0.5, 0.6) is 0 Å². The molecule has 4 nitrogen and oxygen atoms in total. The highest BCUT2D eigenvalue weighted by atomic mass is 19.4. The molecule has 1 aliphatic rings. The van der Waals surface area contributed by atoms with Crippen molar-refractivity contribution in [2.24, 2.45) is 5.92 Å². The highest BCUT2D eigenvalue weighted by Crippen LogP contribution is 2.41. The minimum Gasteiger partial charge on any atom is -0.465 e. The van der Waals surface area contributed by atoms with E-state index in [1.807, 2.05) is 0 Å². The summed E-state index contributed by atoms with van der Waals surface area (Å²) in [5.74, 6) is -0.403. The van der Waals surface area contributed by atoms with Gasteiger partial charge in [-0.3, -0.25) is 4.90 Å². The van der Waals surface area contributed by atoms with Crippen LogP contribution in [0.25, 0.3) is 0 Å². The van der Waals surface area contributed by atoms with Crippen LogP contribution in [0.1, 0.15) is 26.7 Å². The van der Waals surface area contributed by atoms with Gasteiger partial charge < -0.3 is 10.1 Å². The molecule has 0 bridgehead atoms. The Kier molecular flexibility index (Phi) is 5.82. The second-order valence-corrected chi connectivity index (χ2v) is 5.13. The lowest BCUT2D eigenvalue weighted by atomic mass is 9.92. The smallest absolute Gasteiger partial charge is 0.401 e. The third-order valence-electron chi connectivity index (χ3n) is 3.68. The number of nitrogens with one attached hydrogen (secondary N) is 1. The molecule has 1 fully saturated rings. The van der Waals surface area contributed by atoms with Crippen LogP contribution in [0, 0.1) is 5.92 Å². The van der Waals surface area contributed by atoms with Crippen LogP contribution in [0.2, 0.25) is 0 Å². The Morgan fingerprint density at radius 1 is 1.30 bits per heavy atom. The molecule has 118 valence electrons. The van der Waals surface area contributed by atoms with Crippen molar-refractivity contribution in [1.29, 1.82) is 0 Å². The van der Waals surface area contributed by atoms with E-state index in [4.69, 9.17) is 4.74 Å². The van der Waals surface area contributed by atoms with E-state index < -0.39 is 24.2 Å². The molecule has 0 heterocycles. The van der Waals surface area contributed by atoms with Crippen molar-refractivity contribution in [3.05, 3.63) is 0 Å². The average molecular weight is 296 g/mol. The topological polar surface area (TPSA) is 41.6 Å². The summed E-state index contributed by atoms with van der Waals surface area (Å²) in [5.41, 5.74) is -1.03. The van der Waals surface area contributed by atoms with Gasteiger partial charge in [-0.15, -0.1) is 0 Å². The van der Waals surface area contributed by atoms with Crippen molar-refractivity contribution < 1.29 is 22.7 Å². The SMILES string of the molecule is CCOC(=O)C(CN(CC)CC(F)(F)F)(NC)C1CC1. The second kappa shape index (κ2) is 6.76. The van der Waals surface area contributed by atoms with Gasteiger partial charge in [-0.1, -0.05) is 6.92 Å². The average Bonchev–Trinajstić information content (AvgIpc) is 3.17. The van der Waals surface area contributed by atoms with Gasteiger partial charge in [0.1, 0.15) is 5.54 Å². The number of carbonyl (C=O) groups is 1. The third-order valence-corrected chi connectivity index (χ3v) is 3.68. The highest BCUT2D eigenvalue weighted by molar-refractivity contribution is 5.82. The summed E-state index contributed by atoms with van der Waals surface area (Å²) >= 11 is 0. The fourth-order valence-electron chi connectivity index (χ4n) is 2.47. The molecule has 0 amide bonds. The molecule has 0 aromatic heterocycles. The number of ether oxygens (including phenoxy) is 1. The quantitative estimate of drug-likeness (QED) is 0.694. The molecular formula is C13H23F3N2O2. The maximum atomic E-state index is 12.6. The van der Waals surface area contributed by atoms with Crippen LogP contribution in [-0.2, 0) is 9.53 Å². The van der Waals surface area contributed by atoms with Gasteiger partial charge in [0.15, 0.2) is 0 Å². The maximum absolute atomic E-state index is 12.6. The number of hydrogen-bond acceptors (Lipinski definition) is 4. The fourth-order valence-corrected chi connectivity index (χ4v) is 2.47. The molecule has 0 saturated heterocycles. The molecule has 7 heteroatoms. The van der Waals surface area contributed by atoms with E-state index in [0.29, 0.717) is 0 Å². The van der Waals surface area contributed by atoms with E-state index >= 15 is 0 Å². The van der Waals surface area contributed by atoms with Crippen LogP contribution in [-0.4, -0.2) is 55.9 Å². The van der Waals surface area contributed by atoms with Crippen LogP contribution in [0.3, 0.4) is 0 Å². The van der Waals surface area contributed by atoms with E-state index in [1.54, 1.807) is 20.9 Å². The number of nitrogens with zero attached hydrogens (tertiary/aromatic N) is 1. The molecule has 0 radical (unpaired) electrons. The molecule has 1 aliphatic carbocycles. The van der Waals surface area contributed by atoms with E-state index in [2.05, 4.69) is 5.32 Å². The van der Waals surface area contributed by atoms with Gasteiger partial charge in [-0.25, -0.2) is 4.79 Å². The maximum Gasteiger partial charge on any atom is 0.401 e. The van der Waals surface area contributed by atoms with Gasteiger partial charge >= 0.3 is 12.1 Å².